The lowest BCUT2D eigenvalue weighted by Gasteiger charge is -2.34. The van der Waals surface area contributed by atoms with Gasteiger partial charge in [-0.15, -0.1) is 0 Å². The van der Waals surface area contributed by atoms with Crippen molar-refractivity contribution in [3.63, 3.8) is 0 Å². The Labute approximate surface area is 139 Å². The molecule has 2 atom stereocenters. The number of carbonyl (C=O) groups is 1. The fraction of sp³-hybridized carbons (Fsp3) is 0.737. The van der Waals surface area contributed by atoms with Gasteiger partial charge in [-0.1, -0.05) is 19.8 Å². The lowest BCUT2D eigenvalue weighted by atomic mass is 10.0. The van der Waals surface area contributed by atoms with Crippen molar-refractivity contribution in [3.05, 3.63) is 23.7 Å². The standard InChI is InChI=1S/C19H30N2O2/c1-15-7-6-12-21(13-15)19(22)14-20-11-5-3-4-8-17(20)18-10-9-16(2)23-18/h9-10,15,17H,3-8,11-14H2,1-2H3/t15-,17-/m1/s1. The second-order valence-electron chi connectivity index (χ2n) is 7.37. The lowest BCUT2D eigenvalue weighted by molar-refractivity contribution is -0.134. The predicted octanol–water partition coefficient (Wildman–Crippen LogP) is 3.76. The van der Waals surface area contributed by atoms with Gasteiger partial charge in [0.2, 0.25) is 5.91 Å². The van der Waals surface area contributed by atoms with E-state index in [2.05, 4.69) is 22.8 Å². The molecule has 2 aliphatic rings. The van der Waals surface area contributed by atoms with Crippen LogP contribution in [0, 0.1) is 12.8 Å². The number of nitrogens with zero attached hydrogens (tertiary/aromatic N) is 2. The third-order valence-corrected chi connectivity index (χ3v) is 5.30. The third-order valence-electron chi connectivity index (χ3n) is 5.30. The van der Waals surface area contributed by atoms with Crippen molar-refractivity contribution < 1.29 is 9.21 Å². The predicted molar refractivity (Wildman–Crippen MR) is 91.2 cm³/mol. The summed E-state index contributed by atoms with van der Waals surface area (Å²) in [6, 6.07) is 4.38. The second kappa shape index (κ2) is 7.52. The van der Waals surface area contributed by atoms with Gasteiger partial charge in [0.25, 0.3) is 0 Å². The lowest BCUT2D eigenvalue weighted by Crippen LogP contribution is -2.45. The van der Waals surface area contributed by atoms with E-state index < -0.39 is 0 Å². The van der Waals surface area contributed by atoms with Crippen molar-refractivity contribution in [2.45, 2.75) is 58.4 Å². The molecule has 0 N–H and O–H groups in total. The van der Waals surface area contributed by atoms with Crippen LogP contribution in [-0.2, 0) is 4.79 Å². The van der Waals surface area contributed by atoms with Gasteiger partial charge in [0.1, 0.15) is 11.5 Å². The van der Waals surface area contributed by atoms with Crippen LogP contribution in [0.5, 0.6) is 0 Å². The van der Waals surface area contributed by atoms with Gasteiger partial charge in [-0.2, -0.15) is 0 Å². The maximum absolute atomic E-state index is 12.8. The number of hydrogen-bond donors (Lipinski definition) is 0. The summed E-state index contributed by atoms with van der Waals surface area (Å²) in [5.41, 5.74) is 0. The molecule has 1 amide bonds. The summed E-state index contributed by atoms with van der Waals surface area (Å²) < 4.78 is 5.89. The molecule has 2 aliphatic heterocycles. The molecule has 4 nitrogen and oxygen atoms in total. The van der Waals surface area contributed by atoms with E-state index >= 15 is 0 Å². The van der Waals surface area contributed by atoms with Crippen LogP contribution in [0.25, 0.3) is 0 Å². The van der Waals surface area contributed by atoms with Crippen LogP contribution in [0.3, 0.4) is 0 Å². The molecule has 2 saturated heterocycles. The van der Waals surface area contributed by atoms with Crippen LogP contribution < -0.4 is 0 Å². The zero-order chi connectivity index (χ0) is 16.2. The normalized spacial score (nSPS) is 27.0. The molecule has 4 heteroatoms. The number of likely N-dealkylation sites (tertiary alicyclic amines) is 2. The Kier molecular flexibility index (Phi) is 5.42. The van der Waals surface area contributed by atoms with E-state index in [4.69, 9.17) is 4.42 Å². The fourth-order valence-corrected chi connectivity index (χ4v) is 4.00. The van der Waals surface area contributed by atoms with E-state index in [0.29, 0.717) is 18.4 Å². The smallest absolute Gasteiger partial charge is 0.236 e. The van der Waals surface area contributed by atoms with E-state index in [1.165, 1.54) is 25.7 Å². The minimum atomic E-state index is 0.261. The zero-order valence-electron chi connectivity index (χ0n) is 14.6. The molecule has 1 aromatic heterocycles. The van der Waals surface area contributed by atoms with E-state index in [1.807, 2.05) is 13.0 Å². The SMILES string of the molecule is Cc1ccc([C@H]2CCCCCN2CC(=O)N2CCC[C@@H](C)C2)o1. The molecule has 128 valence electrons. The molecular formula is C19H30N2O2. The molecule has 0 unspecified atom stereocenters. The van der Waals surface area contributed by atoms with Gasteiger partial charge in [0.05, 0.1) is 12.6 Å². The highest BCUT2D eigenvalue weighted by molar-refractivity contribution is 5.78. The van der Waals surface area contributed by atoms with Crippen molar-refractivity contribution in [2.24, 2.45) is 5.92 Å². The Morgan fingerprint density at radius 2 is 2.04 bits per heavy atom. The molecule has 0 saturated carbocycles. The van der Waals surface area contributed by atoms with Crippen molar-refractivity contribution in [2.75, 3.05) is 26.2 Å². The molecule has 0 spiro atoms. The maximum Gasteiger partial charge on any atom is 0.236 e. The summed E-state index contributed by atoms with van der Waals surface area (Å²) in [6.45, 7) is 7.64. The molecule has 0 radical (unpaired) electrons. The topological polar surface area (TPSA) is 36.7 Å². The van der Waals surface area contributed by atoms with Gasteiger partial charge in [0, 0.05) is 13.1 Å². The Balaban J connectivity index is 1.68. The minimum absolute atomic E-state index is 0.261. The van der Waals surface area contributed by atoms with Crippen molar-refractivity contribution in [1.82, 2.24) is 9.80 Å². The average molecular weight is 318 g/mol. The molecule has 0 bridgehead atoms. The maximum atomic E-state index is 12.8. The van der Waals surface area contributed by atoms with E-state index in [1.54, 1.807) is 0 Å². The molecule has 0 aromatic carbocycles. The van der Waals surface area contributed by atoms with Crippen LogP contribution in [0.1, 0.15) is 63.0 Å². The number of rotatable bonds is 3. The number of furan rings is 1. The Hall–Kier alpha value is -1.29. The fourth-order valence-electron chi connectivity index (χ4n) is 4.00. The van der Waals surface area contributed by atoms with Crippen LogP contribution in [0.15, 0.2) is 16.5 Å². The number of aryl methyl sites for hydroxylation is 1. The second-order valence-corrected chi connectivity index (χ2v) is 7.37. The molecule has 1 aromatic rings. The Morgan fingerprint density at radius 1 is 1.17 bits per heavy atom. The first-order chi connectivity index (χ1) is 11.1. The van der Waals surface area contributed by atoms with Gasteiger partial charge in [-0.25, -0.2) is 0 Å². The summed E-state index contributed by atoms with van der Waals surface area (Å²) in [6.07, 6.45) is 7.14. The Bertz CT molecular complexity index is 525. The molecular weight excluding hydrogens is 288 g/mol. The van der Waals surface area contributed by atoms with Gasteiger partial charge >= 0.3 is 0 Å². The monoisotopic (exact) mass is 318 g/mol. The van der Waals surface area contributed by atoms with Crippen LogP contribution >= 0.6 is 0 Å². The highest BCUT2D eigenvalue weighted by atomic mass is 16.3. The summed E-state index contributed by atoms with van der Waals surface area (Å²) in [7, 11) is 0. The van der Waals surface area contributed by atoms with Gasteiger partial charge in [-0.3, -0.25) is 9.69 Å². The van der Waals surface area contributed by atoms with Crippen molar-refractivity contribution in [1.29, 1.82) is 0 Å². The van der Waals surface area contributed by atoms with Crippen LogP contribution in [-0.4, -0.2) is 41.9 Å². The number of amides is 1. The number of hydrogen-bond acceptors (Lipinski definition) is 3. The average Bonchev–Trinajstić information content (AvgIpc) is 2.82. The first-order valence-corrected chi connectivity index (χ1v) is 9.21. The Morgan fingerprint density at radius 3 is 2.78 bits per heavy atom. The highest BCUT2D eigenvalue weighted by Gasteiger charge is 2.29. The largest absolute Gasteiger partial charge is 0.465 e. The van der Waals surface area contributed by atoms with Crippen LogP contribution in [0.2, 0.25) is 0 Å². The third kappa shape index (κ3) is 4.17. The van der Waals surface area contributed by atoms with E-state index in [9.17, 15) is 4.79 Å². The van der Waals surface area contributed by atoms with Crippen molar-refractivity contribution >= 4 is 5.91 Å². The van der Waals surface area contributed by atoms with Crippen LogP contribution in [0.4, 0.5) is 0 Å². The molecule has 2 fully saturated rings. The minimum Gasteiger partial charge on any atom is -0.465 e. The molecule has 23 heavy (non-hydrogen) atoms. The van der Waals surface area contributed by atoms with E-state index in [0.717, 1.165) is 44.0 Å². The first-order valence-electron chi connectivity index (χ1n) is 9.21. The molecule has 3 rings (SSSR count). The van der Waals surface area contributed by atoms with Gasteiger partial charge < -0.3 is 9.32 Å². The quantitative estimate of drug-likeness (QED) is 0.851. The van der Waals surface area contributed by atoms with Crippen molar-refractivity contribution in [3.8, 4) is 0 Å². The summed E-state index contributed by atoms with van der Waals surface area (Å²) in [5.74, 6) is 2.93. The molecule has 0 aliphatic carbocycles. The first kappa shape index (κ1) is 16.6. The number of carbonyl (C=O) groups excluding carboxylic acids is 1. The van der Waals surface area contributed by atoms with Gasteiger partial charge in [0.15, 0.2) is 0 Å². The summed E-state index contributed by atoms with van der Waals surface area (Å²) in [4.78, 5) is 17.2. The van der Waals surface area contributed by atoms with E-state index in [-0.39, 0.29) is 6.04 Å². The summed E-state index contributed by atoms with van der Waals surface area (Å²) in [5, 5.41) is 0. The molecule has 3 heterocycles. The number of piperidine rings is 1. The highest BCUT2D eigenvalue weighted by Crippen LogP contribution is 2.31. The van der Waals surface area contributed by atoms with Gasteiger partial charge in [-0.05, 0) is 57.2 Å². The zero-order valence-corrected chi connectivity index (χ0v) is 14.6. The summed E-state index contributed by atoms with van der Waals surface area (Å²) >= 11 is 0.